The summed E-state index contributed by atoms with van der Waals surface area (Å²) in [5, 5.41) is 9.50. The van der Waals surface area contributed by atoms with E-state index in [0.717, 1.165) is 45.6 Å². The van der Waals surface area contributed by atoms with E-state index < -0.39 is 0 Å². The lowest BCUT2D eigenvalue weighted by Crippen LogP contribution is -2.41. The van der Waals surface area contributed by atoms with E-state index in [4.69, 9.17) is 4.74 Å². The van der Waals surface area contributed by atoms with Crippen molar-refractivity contribution in [3.8, 4) is 0 Å². The maximum Gasteiger partial charge on any atom is 0.242 e. The molecule has 7 heteroatoms. The lowest BCUT2D eigenvalue weighted by atomic mass is 9.95. The highest BCUT2D eigenvalue weighted by molar-refractivity contribution is 14.0. The zero-order valence-corrected chi connectivity index (χ0v) is 18.4. The highest BCUT2D eigenvalue weighted by Crippen LogP contribution is 2.17. The number of ether oxygens (including phenoxy) is 1. The first-order valence-electron chi connectivity index (χ1n) is 9.51. The summed E-state index contributed by atoms with van der Waals surface area (Å²) in [6.07, 6.45) is 6.86. The second-order valence-electron chi connectivity index (χ2n) is 6.85. The first-order chi connectivity index (χ1) is 11.6. The van der Waals surface area contributed by atoms with Crippen molar-refractivity contribution < 1.29 is 9.53 Å². The van der Waals surface area contributed by atoms with Crippen LogP contribution in [0.1, 0.15) is 59.3 Å². The van der Waals surface area contributed by atoms with Gasteiger partial charge in [-0.25, -0.2) is 4.99 Å². The Kier molecular flexibility index (Phi) is 15.3. The van der Waals surface area contributed by atoms with Crippen LogP contribution in [0.5, 0.6) is 0 Å². The molecule has 1 aliphatic carbocycles. The van der Waals surface area contributed by atoms with Gasteiger partial charge >= 0.3 is 0 Å². The number of hydrogen-bond donors (Lipinski definition) is 3. The molecule has 6 nitrogen and oxygen atoms in total. The van der Waals surface area contributed by atoms with Crippen molar-refractivity contribution in [2.24, 2.45) is 10.9 Å². The maximum atomic E-state index is 12.0. The molecule has 0 aromatic rings. The summed E-state index contributed by atoms with van der Waals surface area (Å²) in [7, 11) is 0. The molecular formula is C18H37IN4O2. The fourth-order valence-electron chi connectivity index (χ4n) is 2.71. The number of aliphatic imine (C=N–C) groups is 1. The van der Waals surface area contributed by atoms with Gasteiger partial charge in [0.1, 0.15) is 6.54 Å². The van der Waals surface area contributed by atoms with Crippen molar-refractivity contribution in [1.29, 1.82) is 0 Å². The summed E-state index contributed by atoms with van der Waals surface area (Å²) in [4.78, 5) is 16.4. The highest BCUT2D eigenvalue weighted by Gasteiger charge is 2.15. The topological polar surface area (TPSA) is 74.8 Å². The number of amides is 1. The molecule has 0 aromatic carbocycles. The van der Waals surface area contributed by atoms with Crippen LogP contribution in [0, 0.1) is 5.92 Å². The number of hydrogen-bond acceptors (Lipinski definition) is 3. The molecule has 1 fully saturated rings. The zero-order valence-electron chi connectivity index (χ0n) is 16.1. The molecule has 0 aromatic heterocycles. The monoisotopic (exact) mass is 468 g/mol. The van der Waals surface area contributed by atoms with Crippen LogP contribution in [0.25, 0.3) is 0 Å². The van der Waals surface area contributed by atoms with Gasteiger partial charge in [0, 0.05) is 32.3 Å². The molecule has 0 atom stereocenters. The van der Waals surface area contributed by atoms with Crippen molar-refractivity contribution in [2.75, 3.05) is 32.8 Å². The normalized spacial score (nSPS) is 15.6. The fraction of sp³-hybridized carbons (Fsp3) is 0.889. The summed E-state index contributed by atoms with van der Waals surface area (Å²) in [5.74, 6) is 1.28. The Morgan fingerprint density at radius 3 is 2.56 bits per heavy atom. The van der Waals surface area contributed by atoms with E-state index in [1.54, 1.807) is 0 Å². The van der Waals surface area contributed by atoms with Crippen LogP contribution in [-0.2, 0) is 9.53 Å². The first kappa shape index (κ1) is 24.4. The van der Waals surface area contributed by atoms with Crippen molar-refractivity contribution >= 4 is 35.8 Å². The average molecular weight is 468 g/mol. The zero-order chi connectivity index (χ0) is 17.6. The smallest absolute Gasteiger partial charge is 0.242 e. The molecule has 0 unspecified atom stereocenters. The van der Waals surface area contributed by atoms with Crippen molar-refractivity contribution in [2.45, 2.75) is 65.3 Å². The molecule has 1 amide bonds. The third-order valence-electron chi connectivity index (χ3n) is 3.90. The Morgan fingerprint density at radius 1 is 1.20 bits per heavy atom. The van der Waals surface area contributed by atoms with E-state index in [2.05, 4.69) is 34.8 Å². The molecule has 0 aliphatic heterocycles. The minimum absolute atomic E-state index is 0. The van der Waals surface area contributed by atoms with E-state index in [0.29, 0.717) is 17.9 Å². The molecule has 0 heterocycles. The summed E-state index contributed by atoms with van der Waals surface area (Å²) in [5.41, 5.74) is 0. The van der Waals surface area contributed by atoms with E-state index in [-0.39, 0.29) is 36.4 Å². The Labute approximate surface area is 170 Å². The Morgan fingerprint density at radius 2 is 1.92 bits per heavy atom. The van der Waals surface area contributed by atoms with Crippen LogP contribution in [-0.4, -0.2) is 50.8 Å². The Hall–Kier alpha value is -0.570. The van der Waals surface area contributed by atoms with Gasteiger partial charge in [0.15, 0.2) is 5.96 Å². The lowest BCUT2D eigenvalue weighted by molar-refractivity contribution is -0.120. The van der Waals surface area contributed by atoms with Crippen molar-refractivity contribution in [3.63, 3.8) is 0 Å². The van der Waals surface area contributed by atoms with Gasteiger partial charge in [0.05, 0.1) is 0 Å². The predicted octanol–water partition coefficient (Wildman–Crippen LogP) is 2.67. The van der Waals surface area contributed by atoms with E-state index in [9.17, 15) is 4.79 Å². The third-order valence-corrected chi connectivity index (χ3v) is 3.90. The van der Waals surface area contributed by atoms with Crippen LogP contribution in [0.15, 0.2) is 4.99 Å². The standard InChI is InChI=1S/C18H36N4O2.HI/c1-4-19-18(20-11-8-12-24-14-15(2)3)21-13-17(23)22-16-9-6-5-7-10-16;/h15-16H,4-14H2,1-3H3,(H,22,23)(H2,19,20,21);1H. The van der Waals surface area contributed by atoms with E-state index in [1.807, 2.05) is 6.92 Å². The van der Waals surface area contributed by atoms with Gasteiger partial charge in [-0.3, -0.25) is 4.79 Å². The fourth-order valence-corrected chi connectivity index (χ4v) is 2.71. The summed E-state index contributed by atoms with van der Waals surface area (Å²) < 4.78 is 5.56. The molecule has 148 valence electrons. The van der Waals surface area contributed by atoms with Crippen molar-refractivity contribution in [1.82, 2.24) is 16.0 Å². The summed E-state index contributed by atoms with van der Waals surface area (Å²) in [6, 6.07) is 0.343. The largest absolute Gasteiger partial charge is 0.381 e. The summed E-state index contributed by atoms with van der Waals surface area (Å²) in [6.45, 7) is 9.59. The second-order valence-corrected chi connectivity index (χ2v) is 6.85. The van der Waals surface area contributed by atoms with Gasteiger partial charge in [-0.2, -0.15) is 0 Å². The van der Waals surface area contributed by atoms with Gasteiger partial charge in [-0.05, 0) is 32.1 Å². The van der Waals surface area contributed by atoms with Crippen molar-refractivity contribution in [3.05, 3.63) is 0 Å². The van der Waals surface area contributed by atoms with Gasteiger partial charge < -0.3 is 20.7 Å². The van der Waals surface area contributed by atoms with Crippen LogP contribution < -0.4 is 16.0 Å². The molecule has 1 aliphatic rings. The molecule has 3 N–H and O–H groups in total. The van der Waals surface area contributed by atoms with Gasteiger partial charge in [-0.1, -0.05) is 33.1 Å². The highest BCUT2D eigenvalue weighted by atomic mass is 127. The van der Waals surface area contributed by atoms with Crippen LogP contribution >= 0.6 is 24.0 Å². The van der Waals surface area contributed by atoms with Gasteiger partial charge in [-0.15, -0.1) is 24.0 Å². The third kappa shape index (κ3) is 13.3. The Balaban J connectivity index is 0.00000576. The minimum Gasteiger partial charge on any atom is -0.381 e. The molecule has 0 spiro atoms. The quantitative estimate of drug-likeness (QED) is 0.200. The molecule has 0 saturated heterocycles. The number of carbonyl (C=O) groups excluding carboxylic acids is 1. The minimum atomic E-state index is 0. The number of halogens is 1. The molecule has 1 saturated carbocycles. The van der Waals surface area contributed by atoms with Crippen LogP contribution in [0.4, 0.5) is 0 Å². The maximum absolute atomic E-state index is 12.0. The molecule has 25 heavy (non-hydrogen) atoms. The Bertz CT molecular complexity index is 372. The number of nitrogens with zero attached hydrogens (tertiary/aromatic N) is 1. The number of rotatable bonds is 10. The SMILES string of the molecule is CCNC(=NCC(=O)NC1CCCCC1)NCCCOCC(C)C.I. The van der Waals surface area contributed by atoms with Gasteiger partial charge in [0.25, 0.3) is 0 Å². The molecular weight excluding hydrogens is 431 g/mol. The average Bonchev–Trinajstić information content (AvgIpc) is 2.56. The second kappa shape index (κ2) is 15.7. The van der Waals surface area contributed by atoms with Crippen LogP contribution in [0.2, 0.25) is 0 Å². The predicted molar refractivity (Wildman–Crippen MR) is 115 cm³/mol. The molecule has 0 bridgehead atoms. The van der Waals surface area contributed by atoms with Gasteiger partial charge in [0.2, 0.25) is 5.91 Å². The first-order valence-corrected chi connectivity index (χ1v) is 9.51. The lowest BCUT2D eigenvalue weighted by Gasteiger charge is -2.22. The molecule has 1 rings (SSSR count). The number of carbonyl (C=O) groups is 1. The van der Waals surface area contributed by atoms with Crippen LogP contribution in [0.3, 0.4) is 0 Å². The summed E-state index contributed by atoms with van der Waals surface area (Å²) >= 11 is 0. The molecule has 0 radical (unpaired) electrons. The number of guanidine groups is 1. The van der Waals surface area contributed by atoms with E-state index in [1.165, 1.54) is 19.3 Å². The van der Waals surface area contributed by atoms with E-state index >= 15 is 0 Å². The number of nitrogens with one attached hydrogen (secondary N) is 3.